The SMILES string of the molecule is CCCCC1(CC)CCN(c2nc(-c3ccc(C#N)c(F)c3)n(-c3ccc(NC)c(C=N)c3)c(=O)c2C)CC1. The van der Waals surface area contributed by atoms with Gasteiger partial charge >= 0.3 is 0 Å². The molecule has 0 unspecified atom stereocenters. The van der Waals surface area contributed by atoms with Crippen LogP contribution in [0.1, 0.15) is 69.1 Å². The van der Waals surface area contributed by atoms with Crippen LogP contribution >= 0.6 is 0 Å². The molecule has 2 N–H and O–H groups in total. The predicted octanol–water partition coefficient (Wildman–Crippen LogP) is 6.44. The van der Waals surface area contributed by atoms with Gasteiger partial charge < -0.3 is 15.6 Å². The van der Waals surface area contributed by atoms with Gasteiger partial charge in [0.05, 0.1) is 16.8 Å². The largest absolute Gasteiger partial charge is 0.388 e. The molecular formula is C31H37FN6O. The molecule has 1 aliphatic heterocycles. The first kappa shape index (κ1) is 28.0. The molecular weight excluding hydrogens is 491 g/mol. The number of aromatic nitrogens is 2. The van der Waals surface area contributed by atoms with Gasteiger partial charge in [0.2, 0.25) is 0 Å². The summed E-state index contributed by atoms with van der Waals surface area (Å²) in [5.41, 5.74) is 2.84. The first-order chi connectivity index (χ1) is 18.8. The van der Waals surface area contributed by atoms with Crippen molar-refractivity contribution < 1.29 is 4.39 Å². The second-order valence-electron chi connectivity index (χ2n) is 10.4. The monoisotopic (exact) mass is 528 g/mol. The Balaban J connectivity index is 1.86. The Kier molecular flexibility index (Phi) is 8.49. The van der Waals surface area contributed by atoms with Gasteiger partial charge in [0, 0.05) is 43.2 Å². The van der Waals surface area contributed by atoms with Crippen molar-refractivity contribution in [3.05, 3.63) is 69.3 Å². The van der Waals surface area contributed by atoms with Gasteiger partial charge in [-0.05, 0) is 68.0 Å². The Morgan fingerprint density at radius 2 is 1.95 bits per heavy atom. The molecule has 0 amide bonds. The van der Waals surface area contributed by atoms with E-state index in [0.717, 1.165) is 38.0 Å². The lowest BCUT2D eigenvalue weighted by molar-refractivity contribution is 0.185. The molecule has 4 rings (SSSR count). The fraction of sp³-hybridized carbons (Fsp3) is 0.419. The first-order valence-corrected chi connectivity index (χ1v) is 13.7. The maximum atomic E-state index is 14.8. The van der Waals surface area contributed by atoms with Crippen LogP contribution in [0.2, 0.25) is 0 Å². The van der Waals surface area contributed by atoms with E-state index in [1.54, 1.807) is 38.2 Å². The molecule has 1 aliphatic rings. The van der Waals surface area contributed by atoms with E-state index in [-0.39, 0.29) is 11.1 Å². The van der Waals surface area contributed by atoms with Crippen LogP contribution in [0, 0.1) is 34.9 Å². The minimum Gasteiger partial charge on any atom is -0.388 e. The minimum absolute atomic E-state index is 0.0662. The van der Waals surface area contributed by atoms with E-state index in [9.17, 15) is 14.4 Å². The van der Waals surface area contributed by atoms with Crippen molar-refractivity contribution in [2.24, 2.45) is 5.41 Å². The lowest BCUT2D eigenvalue weighted by atomic mass is 9.72. The fourth-order valence-corrected chi connectivity index (χ4v) is 5.64. The van der Waals surface area contributed by atoms with Gasteiger partial charge in [0.15, 0.2) is 0 Å². The smallest absolute Gasteiger partial charge is 0.263 e. The van der Waals surface area contributed by atoms with Crippen molar-refractivity contribution in [2.75, 3.05) is 30.4 Å². The molecule has 0 atom stereocenters. The fourth-order valence-electron chi connectivity index (χ4n) is 5.64. The van der Waals surface area contributed by atoms with E-state index < -0.39 is 5.82 Å². The number of unbranched alkanes of at least 4 members (excludes halogenated alkanes) is 1. The van der Waals surface area contributed by atoms with Crippen LogP contribution in [0.15, 0.2) is 41.2 Å². The van der Waals surface area contributed by atoms with Crippen LogP contribution in [0.4, 0.5) is 15.9 Å². The summed E-state index contributed by atoms with van der Waals surface area (Å²) in [6, 6.07) is 11.5. The third-order valence-electron chi connectivity index (χ3n) is 8.28. The summed E-state index contributed by atoms with van der Waals surface area (Å²) in [6.45, 7) is 7.92. The third-order valence-corrected chi connectivity index (χ3v) is 8.28. The highest BCUT2D eigenvalue weighted by molar-refractivity contribution is 5.87. The number of hydrogen-bond acceptors (Lipinski definition) is 6. The van der Waals surface area contributed by atoms with Crippen molar-refractivity contribution in [3.8, 4) is 23.1 Å². The van der Waals surface area contributed by atoms with E-state index in [2.05, 4.69) is 24.1 Å². The van der Waals surface area contributed by atoms with Crippen molar-refractivity contribution in [1.82, 2.24) is 9.55 Å². The van der Waals surface area contributed by atoms with Crippen LogP contribution < -0.4 is 15.8 Å². The zero-order valence-electron chi connectivity index (χ0n) is 23.3. The van der Waals surface area contributed by atoms with E-state index in [4.69, 9.17) is 10.4 Å². The highest BCUT2D eigenvalue weighted by Gasteiger charge is 2.34. The molecule has 1 aromatic heterocycles. The quantitative estimate of drug-likeness (QED) is 0.311. The number of nitriles is 1. The van der Waals surface area contributed by atoms with E-state index >= 15 is 0 Å². The maximum Gasteiger partial charge on any atom is 0.263 e. The second kappa shape index (κ2) is 11.8. The third kappa shape index (κ3) is 5.44. The van der Waals surface area contributed by atoms with Crippen molar-refractivity contribution in [3.63, 3.8) is 0 Å². The van der Waals surface area contributed by atoms with Crippen LogP contribution in [0.25, 0.3) is 17.1 Å². The molecule has 8 heteroatoms. The van der Waals surface area contributed by atoms with Gasteiger partial charge in [-0.25, -0.2) is 9.37 Å². The molecule has 2 aromatic carbocycles. The van der Waals surface area contributed by atoms with Crippen LogP contribution in [-0.4, -0.2) is 35.9 Å². The standard InChI is InChI=1S/C31H37FN6O/c1-5-7-12-31(6-2)13-15-37(16-14-31)28-21(3)30(39)38(25-10-11-27(35-4)24(17-25)20-34)29(36-28)22-8-9-23(19-33)26(32)18-22/h8-11,17-18,20,34-35H,5-7,12-16H2,1-4H3. The Morgan fingerprint density at radius 3 is 2.54 bits per heavy atom. The average molecular weight is 529 g/mol. The van der Waals surface area contributed by atoms with Gasteiger partial charge in [-0.15, -0.1) is 0 Å². The summed E-state index contributed by atoms with van der Waals surface area (Å²) < 4.78 is 16.2. The predicted molar refractivity (Wildman–Crippen MR) is 156 cm³/mol. The molecule has 0 aliphatic carbocycles. The lowest BCUT2D eigenvalue weighted by Crippen LogP contribution is -2.42. The van der Waals surface area contributed by atoms with E-state index in [1.165, 1.54) is 42.2 Å². The number of halogens is 1. The molecule has 39 heavy (non-hydrogen) atoms. The molecule has 0 spiro atoms. The molecule has 7 nitrogen and oxygen atoms in total. The number of nitrogens with one attached hydrogen (secondary N) is 2. The molecule has 2 heterocycles. The summed E-state index contributed by atoms with van der Waals surface area (Å²) in [4.78, 5) is 21.2. The van der Waals surface area contributed by atoms with Gasteiger partial charge in [-0.1, -0.05) is 33.1 Å². The summed E-state index contributed by atoms with van der Waals surface area (Å²) in [5, 5.41) is 20.1. The van der Waals surface area contributed by atoms with Gasteiger partial charge in [0.1, 0.15) is 23.5 Å². The van der Waals surface area contributed by atoms with Gasteiger partial charge in [0.25, 0.3) is 5.56 Å². The maximum absolute atomic E-state index is 14.8. The molecule has 1 saturated heterocycles. The van der Waals surface area contributed by atoms with Gasteiger partial charge in [-0.2, -0.15) is 5.26 Å². The minimum atomic E-state index is -0.662. The van der Waals surface area contributed by atoms with Crippen molar-refractivity contribution in [1.29, 1.82) is 10.7 Å². The Hall–Kier alpha value is -3.99. The highest BCUT2D eigenvalue weighted by atomic mass is 19.1. The number of nitrogens with zero attached hydrogens (tertiary/aromatic N) is 4. The van der Waals surface area contributed by atoms with Crippen LogP contribution in [0.3, 0.4) is 0 Å². The molecule has 204 valence electrons. The lowest BCUT2D eigenvalue weighted by Gasteiger charge is -2.42. The summed E-state index contributed by atoms with van der Waals surface area (Å²) in [7, 11) is 1.77. The second-order valence-corrected chi connectivity index (χ2v) is 10.4. The molecule has 3 aromatic rings. The highest BCUT2D eigenvalue weighted by Crippen LogP contribution is 2.41. The number of benzene rings is 2. The van der Waals surface area contributed by atoms with E-state index in [0.29, 0.717) is 39.4 Å². The number of anilines is 2. The van der Waals surface area contributed by atoms with Gasteiger partial charge in [-0.3, -0.25) is 9.36 Å². The molecule has 1 fully saturated rings. The Bertz CT molecular complexity index is 1460. The number of piperidine rings is 1. The number of hydrogen-bond donors (Lipinski definition) is 2. The summed E-state index contributed by atoms with van der Waals surface area (Å²) in [5.74, 6) is 0.260. The summed E-state index contributed by atoms with van der Waals surface area (Å²) in [6.07, 6.45) is 8.08. The molecule has 0 saturated carbocycles. The summed E-state index contributed by atoms with van der Waals surface area (Å²) >= 11 is 0. The first-order valence-electron chi connectivity index (χ1n) is 13.7. The molecule has 0 radical (unpaired) electrons. The van der Waals surface area contributed by atoms with E-state index in [1.807, 2.05) is 6.07 Å². The van der Waals surface area contributed by atoms with Crippen LogP contribution in [0.5, 0.6) is 0 Å². The Morgan fingerprint density at radius 1 is 1.21 bits per heavy atom. The van der Waals surface area contributed by atoms with Crippen molar-refractivity contribution >= 4 is 17.7 Å². The number of rotatable bonds is 9. The average Bonchev–Trinajstić information content (AvgIpc) is 2.97. The zero-order valence-corrected chi connectivity index (χ0v) is 23.3. The molecule has 0 bridgehead atoms. The van der Waals surface area contributed by atoms with Crippen molar-refractivity contribution in [2.45, 2.75) is 59.3 Å². The topological polar surface area (TPSA) is 97.8 Å². The normalized spacial score (nSPS) is 14.6. The Labute approximate surface area is 229 Å². The zero-order chi connectivity index (χ0) is 28.2. The van der Waals surface area contributed by atoms with Crippen LogP contribution in [-0.2, 0) is 0 Å².